The number of nitrogens with one attached hydrogen (secondary N) is 2. The number of hydrogen-bond acceptors (Lipinski definition) is 5. The van der Waals surface area contributed by atoms with Gasteiger partial charge in [-0.2, -0.15) is 0 Å². The van der Waals surface area contributed by atoms with Crippen LogP contribution in [0.25, 0.3) is 11.1 Å². The van der Waals surface area contributed by atoms with Crippen LogP contribution in [0.3, 0.4) is 0 Å². The van der Waals surface area contributed by atoms with Gasteiger partial charge >= 0.3 is 5.69 Å². The molecule has 0 unspecified atom stereocenters. The summed E-state index contributed by atoms with van der Waals surface area (Å²) in [6, 6.07) is 10.4. The Morgan fingerprint density at radius 2 is 1.81 bits per heavy atom. The third-order valence-corrected chi connectivity index (χ3v) is 6.06. The molecule has 8 nitrogen and oxygen atoms in total. The molecule has 0 saturated carbocycles. The number of H-pyrrole nitrogens is 1. The quantitative estimate of drug-likeness (QED) is 0.330. The summed E-state index contributed by atoms with van der Waals surface area (Å²) in [5, 5.41) is 3.21. The van der Waals surface area contributed by atoms with Crippen molar-refractivity contribution in [1.29, 1.82) is 0 Å². The van der Waals surface area contributed by atoms with Crippen molar-refractivity contribution in [3.8, 4) is 16.9 Å². The minimum absolute atomic E-state index is 0.0810. The molecule has 188 valence electrons. The van der Waals surface area contributed by atoms with Gasteiger partial charge in [-0.3, -0.25) is 13.9 Å². The number of aromatic amines is 1. The molecule has 0 aliphatic rings. The highest BCUT2D eigenvalue weighted by molar-refractivity contribution is 5.66. The highest BCUT2D eigenvalue weighted by Crippen LogP contribution is 2.24. The maximum absolute atomic E-state index is 14.4. The Labute approximate surface area is 206 Å². The molecule has 0 amide bonds. The van der Waals surface area contributed by atoms with Crippen LogP contribution < -0.4 is 21.3 Å². The van der Waals surface area contributed by atoms with E-state index in [1.165, 1.54) is 17.7 Å². The summed E-state index contributed by atoms with van der Waals surface area (Å²) in [6.07, 6.45) is 4.03. The van der Waals surface area contributed by atoms with E-state index >= 15 is 0 Å². The number of benzene rings is 2. The third-order valence-electron chi connectivity index (χ3n) is 6.06. The first kappa shape index (κ1) is 25.1. The Hall–Kier alpha value is -4.05. The largest absolute Gasteiger partial charge is 0.497 e. The standard InChI is InChI=1S/C26H27F2N5O3/c1-17-24(18-5-3-6-20(13-18)36-2)25(34)32(12-11-29-10-9-19-14-30-16-31-19)26(35)33(17)15-21-22(27)7-4-8-23(21)28/h3-8,13-14,16,29H,9-12,15H2,1-2H3,(H,30,31). The zero-order valence-electron chi connectivity index (χ0n) is 20.1. The van der Waals surface area contributed by atoms with Crippen LogP contribution in [0.2, 0.25) is 0 Å². The van der Waals surface area contributed by atoms with Crippen LogP contribution in [0.15, 0.2) is 64.6 Å². The zero-order valence-corrected chi connectivity index (χ0v) is 20.1. The van der Waals surface area contributed by atoms with Crippen molar-refractivity contribution in [2.24, 2.45) is 0 Å². The van der Waals surface area contributed by atoms with E-state index in [1.54, 1.807) is 43.7 Å². The lowest BCUT2D eigenvalue weighted by atomic mass is 10.0. The van der Waals surface area contributed by atoms with Gasteiger partial charge in [0.15, 0.2) is 0 Å². The normalized spacial score (nSPS) is 11.1. The lowest BCUT2D eigenvalue weighted by Gasteiger charge is -2.18. The van der Waals surface area contributed by atoms with E-state index in [0.717, 1.165) is 22.4 Å². The Bertz CT molecular complexity index is 1440. The highest BCUT2D eigenvalue weighted by atomic mass is 19.1. The number of aromatic nitrogens is 4. The van der Waals surface area contributed by atoms with Crippen molar-refractivity contribution >= 4 is 0 Å². The maximum atomic E-state index is 14.4. The minimum Gasteiger partial charge on any atom is -0.497 e. The molecular weight excluding hydrogens is 468 g/mol. The summed E-state index contributed by atoms with van der Waals surface area (Å²) in [5.41, 5.74) is 0.716. The third kappa shape index (κ3) is 5.28. The van der Waals surface area contributed by atoms with E-state index < -0.39 is 22.9 Å². The SMILES string of the molecule is COc1cccc(-c2c(C)n(Cc3c(F)cccc3F)c(=O)n(CCNCCc3cnc[nH]3)c2=O)c1. The smallest absolute Gasteiger partial charge is 0.331 e. The van der Waals surface area contributed by atoms with E-state index in [-0.39, 0.29) is 24.2 Å². The second-order valence-electron chi connectivity index (χ2n) is 8.29. The van der Waals surface area contributed by atoms with Gasteiger partial charge in [0.2, 0.25) is 0 Å². The molecule has 10 heteroatoms. The summed E-state index contributed by atoms with van der Waals surface area (Å²) in [7, 11) is 1.51. The predicted molar refractivity (Wildman–Crippen MR) is 132 cm³/mol. The molecule has 0 saturated heterocycles. The average Bonchev–Trinajstić information content (AvgIpc) is 3.39. The fraction of sp³-hybridized carbons (Fsp3) is 0.269. The molecule has 0 bridgehead atoms. The number of nitrogens with zero attached hydrogens (tertiary/aromatic N) is 3. The van der Waals surface area contributed by atoms with E-state index in [0.29, 0.717) is 36.5 Å². The topological polar surface area (TPSA) is 93.9 Å². The zero-order chi connectivity index (χ0) is 25.7. The first-order valence-electron chi connectivity index (χ1n) is 11.5. The molecule has 0 radical (unpaired) electrons. The van der Waals surface area contributed by atoms with Gasteiger partial charge in [0.05, 0.1) is 25.5 Å². The molecule has 0 atom stereocenters. The van der Waals surface area contributed by atoms with E-state index in [2.05, 4.69) is 15.3 Å². The van der Waals surface area contributed by atoms with Crippen molar-refractivity contribution in [3.05, 3.63) is 104 Å². The van der Waals surface area contributed by atoms with Crippen molar-refractivity contribution in [1.82, 2.24) is 24.4 Å². The monoisotopic (exact) mass is 495 g/mol. The molecule has 0 fully saturated rings. The summed E-state index contributed by atoms with van der Waals surface area (Å²) in [5.74, 6) is -0.985. The van der Waals surface area contributed by atoms with Crippen LogP contribution in [0.5, 0.6) is 5.75 Å². The summed E-state index contributed by atoms with van der Waals surface area (Å²) >= 11 is 0. The van der Waals surface area contributed by atoms with Gasteiger partial charge in [0, 0.05) is 49.2 Å². The lowest BCUT2D eigenvalue weighted by Crippen LogP contribution is -2.44. The van der Waals surface area contributed by atoms with Gasteiger partial charge in [0.25, 0.3) is 5.56 Å². The molecular formula is C26H27F2N5O3. The van der Waals surface area contributed by atoms with Gasteiger partial charge in [-0.15, -0.1) is 0 Å². The van der Waals surface area contributed by atoms with Crippen LogP contribution in [0, 0.1) is 18.6 Å². The molecule has 36 heavy (non-hydrogen) atoms. The number of ether oxygens (including phenoxy) is 1. The molecule has 4 aromatic rings. The van der Waals surface area contributed by atoms with Gasteiger partial charge in [-0.05, 0) is 36.8 Å². The summed E-state index contributed by atoms with van der Waals surface area (Å²) < 4.78 is 36.5. The van der Waals surface area contributed by atoms with Crippen molar-refractivity contribution < 1.29 is 13.5 Å². The molecule has 4 rings (SSSR count). The molecule has 0 aliphatic heterocycles. The van der Waals surface area contributed by atoms with Gasteiger partial charge in [0.1, 0.15) is 17.4 Å². The van der Waals surface area contributed by atoms with Crippen molar-refractivity contribution in [2.75, 3.05) is 20.2 Å². The molecule has 0 aliphatic carbocycles. The number of imidazole rings is 1. The number of methoxy groups -OCH3 is 1. The van der Waals surface area contributed by atoms with Gasteiger partial charge in [-0.25, -0.2) is 18.6 Å². The van der Waals surface area contributed by atoms with E-state index in [9.17, 15) is 18.4 Å². The number of rotatable bonds is 10. The Balaban J connectivity index is 1.73. The van der Waals surface area contributed by atoms with Crippen LogP contribution >= 0.6 is 0 Å². The highest BCUT2D eigenvalue weighted by Gasteiger charge is 2.20. The Morgan fingerprint density at radius 3 is 2.50 bits per heavy atom. The Morgan fingerprint density at radius 1 is 1.06 bits per heavy atom. The number of halogens is 2. The second-order valence-corrected chi connectivity index (χ2v) is 8.29. The maximum Gasteiger partial charge on any atom is 0.331 e. The average molecular weight is 496 g/mol. The molecule has 0 spiro atoms. The minimum atomic E-state index is -0.762. The van der Waals surface area contributed by atoms with Crippen LogP contribution in [0.1, 0.15) is 17.0 Å². The fourth-order valence-electron chi connectivity index (χ4n) is 4.10. The van der Waals surface area contributed by atoms with Crippen LogP contribution in [-0.4, -0.2) is 39.3 Å². The number of hydrogen-bond donors (Lipinski definition) is 2. The molecule has 2 heterocycles. The van der Waals surface area contributed by atoms with Gasteiger partial charge in [-0.1, -0.05) is 18.2 Å². The first-order valence-corrected chi connectivity index (χ1v) is 11.5. The molecule has 2 aromatic carbocycles. The predicted octanol–water partition coefficient (Wildman–Crippen LogP) is 2.88. The van der Waals surface area contributed by atoms with Crippen LogP contribution in [0.4, 0.5) is 8.78 Å². The van der Waals surface area contributed by atoms with Crippen LogP contribution in [-0.2, 0) is 19.5 Å². The first-order chi connectivity index (χ1) is 17.4. The van der Waals surface area contributed by atoms with Gasteiger partial charge < -0.3 is 15.0 Å². The summed E-state index contributed by atoms with van der Waals surface area (Å²) in [4.78, 5) is 33.9. The van der Waals surface area contributed by atoms with E-state index in [1.807, 2.05) is 0 Å². The van der Waals surface area contributed by atoms with Crippen molar-refractivity contribution in [2.45, 2.75) is 26.4 Å². The fourth-order valence-corrected chi connectivity index (χ4v) is 4.10. The van der Waals surface area contributed by atoms with Crippen molar-refractivity contribution in [3.63, 3.8) is 0 Å². The second kappa shape index (κ2) is 11.1. The molecule has 2 aromatic heterocycles. The van der Waals surface area contributed by atoms with E-state index in [4.69, 9.17) is 4.74 Å². The molecule has 2 N–H and O–H groups in total. The summed E-state index contributed by atoms with van der Waals surface area (Å²) in [6.45, 7) is 2.28. The lowest BCUT2D eigenvalue weighted by molar-refractivity contribution is 0.415. The Kier molecular flexibility index (Phi) is 7.74.